The van der Waals surface area contributed by atoms with Gasteiger partial charge in [-0.3, -0.25) is 13.8 Å². The number of rotatable bonds is 13. The minimum atomic E-state index is -3.07. The molecule has 4 N–H and O–H groups in total. The summed E-state index contributed by atoms with van der Waals surface area (Å²) in [6.45, 7) is 5.07. The maximum Gasteiger partial charge on any atom is 0.410 e. The highest BCUT2D eigenvalue weighted by molar-refractivity contribution is 8.00. The van der Waals surface area contributed by atoms with Crippen LogP contribution in [0.3, 0.4) is 0 Å². The van der Waals surface area contributed by atoms with E-state index in [0.717, 1.165) is 11.1 Å². The Bertz CT molecular complexity index is 1560. The van der Waals surface area contributed by atoms with Gasteiger partial charge in [-0.1, -0.05) is 62.4 Å². The number of thiol groups is 1. The number of nitrogens with zero attached hydrogens (tertiary/aromatic N) is 1. The number of carbonyl (C=O) groups excluding carboxylic acids is 3. The van der Waals surface area contributed by atoms with Crippen LogP contribution < -0.4 is 15.8 Å². The van der Waals surface area contributed by atoms with E-state index >= 15 is 0 Å². The number of ether oxygens (including phenoxy) is 3. The van der Waals surface area contributed by atoms with E-state index in [0.29, 0.717) is 29.3 Å². The fourth-order valence-electron chi connectivity index (χ4n) is 5.03. The second-order valence-electron chi connectivity index (χ2n) is 11.5. The van der Waals surface area contributed by atoms with Crippen LogP contribution in [-0.2, 0) is 36.4 Å². The van der Waals surface area contributed by atoms with E-state index in [1.54, 1.807) is 56.5 Å². The summed E-state index contributed by atoms with van der Waals surface area (Å²) in [4.78, 5) is 36.5. The molecule has 1 heterocycles. The van der Waals surface area contributed by atoms with Gasteiger partial charge in [0.25, 0.3) is 0 Å². The lowest BCUT2D eigenvalue weighted by molar-refractivity contribution is -0.168. The molecule has 45 heavy (non-hydrogen) atoms. The Balaban J connectivity index is 1.45. The van der Waals surface area contributed by atoms with Gasteiger partial charge in [0.05, 0.1) is 31.7 Å². The Morgan fingerprint density at radius 3 is 2.31 bits per heavy atom. The van der Waals surface area contributed by atoms with Gasteiger partial charge in [-0.2, -0.15) is 0 Å². The summed E-state index contributed by atoms with van der Waals surface area (Å²) in [5.74, 6) is -0.942. The maximum atomic E-state index is 14.3. The summed E-state index contributed by atoms with van der Waals surface area (Å²) in [6, 6.07) is 22.9. The first-order valence-corrected chi connectivity index (χ1v) is 16.8. The zero-order valence-corrected chi connectivity index (χ0v) is 26.7. The van der Waals surface area contributed by atoms with Gasteiger partial charge in [0.2, 0.25) is 12.2 Å². The zero-order valence-electron chi connectivity index (χ0n) is 25.8. The third-order valence-electron chi connectivity index (χ3n) is 7.59. The number of nitrogens with two attached hydrogens (primary N) is 1. The van der Waals surface area contributed by atoms with Gasteiger partial charge in [0.15, 0.2) is 5.60 Å². The molecule has 2 atom stereocenters. The summed E-state index contributed by atoms with van der Waals surface area (Å²) in [6.07, 6.45) is 0.0133. The minimum absolute atomic E-state index is 0.243. The molecule has 1 saturated heterocycles. The van der Waals surface area contributed by atoms with Gasteiger partial charge in [-0.05, 0) is 58.0 Å². The summed E-state index contributed by atoms with van der Waals surface area (Å²) < 4.78 is 32.8. The lowest BCUT2D eigenvalue weighted by Crippen LogP contribution is -2.65. The standard InChI is InChI=1S/C33H41N3O8S/c1-22(2)31(39)42-23(3)43-32(40)35-27(19-37)16-24-10-8-15-29(17-24)45(4,41)36-20-33(21-36,26-12-6-5-7-13-26)44-28-14-9-11-25(18-28)30(34)38/h5-15,17-18,22-23,27,37,45H,16,19-21H2,1-4H3,(H2,34,38)(H,35,40). The summed E-state index contributed by atoms with van der Waals surface area (Å²) >= 11 is 0. The first kappa shape index (κ1) is 33.6. The van der Waals surface area contributed by atoms with E-state index in [-0.39, 0.29) is 18.9 Å². The summed E-state index contributed by atoms with van der Waals surface area (Å²) in [5, 5.41) is 12.5. The molecule has 0 aliphatic carbocycles. The Kier molecular flexibility index (Phi) is 10.6. The molecule has 2 unspecified atom stereocenters. The topological polar surface area (TPSA) is 157 Å². The molecule has 242 valence electrons. The molecule has 1 aliphatic rings. The quantitative estimate of drug-likeness (QED) is 0.126. The third-order valence-corrected chi connectivity index (χ3v) is 10.2. The molecule has 0 radical (unpaired) electrons. The molecule has 12 heteroatoms. The lowest BCUT2D eigenvalue weighted by atomic mass is 9.87. The molecule has 4 rings (SSSR count). The van der Waals surface area contributed by atoms with Crippen molar-refractivity contribution in [1.82, 2.24) is 9.62 Å². The van der Waals surface area contributed by atoms with Crippen LogP contribution in [0, 0.1) is 5.92 Å². The molecule has 0 spiro atoms. The van der Waals surface area contributed by atoms with Crippen LogP contribution in [-0.4, -0.2) is 69.9 Å². The predicted octanol–water partition coefficient (Wildman–Crippen LogP) is 3.17. The predicted molar refractivity (Wildman–Crippen MR) is 170 cm³/mol. The summed E-state index contributed by atoms with van der Waals surface area (Å²) in [5.41, 5.74) is 6.67. The number of aliphatic hydroxyl groups excluding tert-OH is 1. The number of primary amides is 1. The second kappa shape index (κ2) is 14.2. The number of alkyl carbamates (subject to hydrolysis) is 1. The SMILES string of the molecule is CC(OC(=O)NC(CO)Cc1cccc([SH](C)(=O)N2CC(Oc3cccc(C(N)=O)c3)(c3ccccc3)C2)c1)OC(=O)C(C)C. The largest absolute Gasteiger partial charge is 0.480 e. The number of amides is 2. The zero-order chi connectivity index (χ0) is 32.8. The smallest absolute Gasteiger partial charge is 0.410 e. The minimum Gasteiger partial charge on any atom is -0.480 e. The molecule has 0 bridgehead atoms. The number of benzene rings is 3. The van der Waals surface area contributed by atoms with E-state index in [9.17, 15) is 23.7 Å². The maximum absolute atomic E-state index is 14.3. The highest BCUT2D eigenvalue weighted by atomic mass is 32.3. The monoisotopic (exact) mass is 639 g/mol. The van der Waals surface area contributed by atoms with E-state index in [4.69, 9.17) is 19.9 Å². The molecule has 3 aromatic rings. The van der Waals surface area contributed by atoms with E-state index < -0.39 is 46.0 Å². The molecular formula is C33H41N3O8S. The van der Waals surface area contributed by atoms with Crippen molar-refractivity contribution >= 4 is 28.1 Å². The van der Waals surface area contributed by atoms with Crippen LogP contribution in [0.2, 0.25) is 0 Å². The van der Waals surface area contributed by atoms with Crippen LogP contribution in [0.4, 0.5) is 4.79 Å². The highest BCUT2D eigenvalue weighted by Crippen LogP contribution is 2.41. The van der Waals surface area contributed by atoms with E-state index in [1.807, 2.05) is 46.8 Å². The van der Waals surface area contributed by atoms with Crippen LogP contribution in [0.25, 0.3) is 0 Å². The Morgan fingerprint density at radius 1 is 0.978 bits per heavy atom. The average molecular weight is 640 g/mol. The van der Waals surface area contributed by atoms with E-state index in [2.05, 4.69) is 5.32 Å². The molecule has 2 amide bonds. The van der Waals surface area contributed by atoms with Crippen molar-refractivity contribution in [2.24, 2.45) is 11.7 Å². The highest BCUT2D eigenvalue weighted by Gasteiger charge is 2.50. The third kappa shape index (κ3) is 8.27. The lowest BCUT2D eigenvalue weighted by Gasteiger charge is -2.53. The van der Waals surface area contributed by atoms with Gasteiger partial charge < -0.3 is 30.4 Å². The number of aliphatic hydroxyl groups is 1. The van der Waals surface area contributed by atoms with Crippen LogP contribution in [0.1, 0.15) is 42.3 Å². The van der Waals surface area contributed by atoms with Crippen molar-refractivity contribution in [1.29, 1.82) is 0 Å². The van der Waals surface area contributed by atoms with Crippen LogP contribution in [0.15, 0.2) is 83.8 Å². The Labute approximate surface area is 264 Å². The van der Waals surface area contributed by atoms with Crippen molar-refractivity contribution in [3.05, 3.63) is 95.6 Å². The molecule has 11 nitrogen and oxygen atoms in total. The normalized spacial score (nSPS) is 16.1. The number of esters is 1. The van der Waals surface area contributed by atoms with Gasteiger partial charge in [-0.15, -0.1) is 0 Å². The van der Waals surface area contributed by atoms with Crippen molar-refractivity contribution in [3.8, 4) is 5.75 Å². The molecule has 0 saturated carbocycles. The average Bonchev–Trinajstić information content (AvgIpc) is 2.98. The number of hydrogen-bond acceptors (Lipinski definition) is 8. The van der Waals surface area contributed by atoms with Crippen molar-refractivity contribution in [3.63, 3.8) is 0 Å². The van der Waals surface area contributed by atoms with Crippen molar-refractivity contribution in [2.75, 3.05) is 26.0 Å². The Hall–Kier alpha value is -4.26. The van der Waals surface area contributed by atoms with Crippen molar-refractivity contribution < 1.29 is 37.9 Å². The first-order chi connectivity index (χ1) is 21.3. The molecular weight excluding hydrogens is 598 g/mol. The summed E-state index contributed by atoms with van der Waals surface area (Å²) in [7, 11) is -3.07. The molecule has 1 fully saturated rings. The Morgan fingerprint density at radius 2 is 1.67 bits per heavy atom. The number of carbonyl (C=O) groups is 3. The second-order valence-corrected chi connectivity index (χ2v) is 14.4. The van der Waals surface area contributed by atoms with E-state index in [1.165, 1.54) is 6.92 Å². The van der Waals surface area contributed by atoms with Gasteiger partial charge in [-0.25, -0.2) is 9.10 Å². The van der Waals surface area contributed by atoms with Gasteiger partial charge in [0, 0.05) is 23.6 Å². The first-order valence-electron chi connectivity index (χ1n) is 14.7. The van der Waals surface area contributed by atoms with Gasteiger partial charge >= 0.3 is 12.1 Å². The van der Waals surface area contributed by atoms with Crippen LogP contribution in [0.5, 0.6) is 5.75 Å². The number of nitrogens with one attached hydrogen (secondary N) is 1. The van der Waals surface area contributed by atoms with Crippen LogP contribution >= 0.6 is 0 Å². The number of hydrogen-bond donors (Lipinski definition) is 4. The fourth-order valence-corrected chi connectivity index (χ4v) is 7.12. The molecule has 0 aromatic heterocycles. The fraction of sp³-hybridized carbons (Fsp3) is 0.364. The van der Waals surface area contributed by atoms with Gasteiger partial charge in [0.1, 0.15) is 5.75 Å². The van der Waals surface area contributed by atoms with Crippen molar-refractivity contribution in [2.45, 2.75) is 50.0 Å². The molecule has 3 aromatic carbocycles. The molecule has 1 aliphatic heterocycles.